The second-order valence-corrected chi connectivity index (χ2v) is 5.47. The van der Waals surface area contributed by atoms with Crippen molar-refractivity contribution in [2.75, 3.05) is 6.61 Å². The van der Waals surface area contributed by atoms with Crippen LogP contribution < -0.4 is 0 Å². The number of hydrogen-bond donors (Lipinski definition) is 5. The molecular formula is C9H19O8P. The van der Waals surface area contributed by atoms with Crippen LogP contribution in [0.5, 0.6) is 0 Å². The van der Waals surface area contributed by atoms with Crippen LogP contribution in [-0.4, -0.2) is 56.3 Å². The van der Waals surface area contributed by atoms with Gasteiger partial charge in [0, 0.05) is 11.8 Å². The predicted molar refractivity (Wildman–Crippen MR) is 60.4 cm³/mol. The SMILES string of the molecule is C[C@@H]([C@H](O)[C@H](O)[C@@H](C)COP(=O)(O)O)[C@H](O)C=O. The molecule has 0 aromatic carbocycles. The molecule has 0 rings (SSSR count). The lowest BCUT2D eigenvalue weighted by Gasteiger charge is -2.29. The fourth-order valence-corrected chi connectivity index (χ4v) is 1.72. The van der Waals surface area contributed by atoms with Crippen LogP contribution in [-0.2, 0) is 13.9 Å². The summed E-state index contributed by atoms with van der Waals surface area (Å²) in [4.78, 5) is 27.3. The lowest BCUT2D eigenvalue weighted by molar-refractivity contribution is -0.124. The molecule has 18 heavy (non-hydrogen) atoms. The van der Waals surface area contributed by atoms with Gasteiger partial charge in [-0.25, -0.2) is 4.57 Å². The molecule has 0 aromatic heterocycles. The molecule has 0 amide bonds. The Morgan fingerprint density at radius 1 is 1.17 bits per heavy atom. The van der Waals surface area contributed by atoms with Crippen molar-refractivity contribution in [2.24, 2.45) is 11.8 Å². The molecule has 5 atom stereocenters. The first-order chi connectivity index (χ1) is 8.10. The molecule has 5 N–H and O–H groups in total. The molecule has 0 aliphatic carbocycles. The minimum atomic E-state index is -4.64. The molecule has 0 aliphatic rings. The fourth-order valence-electron chi connectivity index (χ4n) is 1.29. The molecule has 0 saturated carbocycles. The highest BCUT2D eigenvalue weighted by Crippen LogP contribution is 2.36. The molecule has 0 bridgehead atoms. The number of aliphatic hydroxyl groups is 3. The van der Waals surface area contributed by atoms with E-state index < -0.39 is 44.6 Å². The molecule has 0 aliphatic heterocycles. The molecule has 0 spiro atoms. The third-order valence-electron chi connectivity index (χ3n) is 2.66. The van der Waals surface area contributed by atoms with E-state index >= 15 is 0 Å². The zero-order chi connectivity index (χ0) is 14.5. The first kappa shape index (κ1) is 17.7. The maximum atomic E-state index is 10.5. The van der Waals surface area contributed by atoms with E-state index in [1.54, 1.807) is 0 Å². The first-order valence-corrected chi connectivity index (χ1v) is 6.82. The molecule has 9 heteroatoms. The van der Waals surface area contributed by atoms with Crippen LogP contribution >= 0.6 is 7.82 Å². The van der Waals surface area contributed by atoms with Crippen molar-refractivity contribution in [1.82, 2.24) is 0 Å². The molecule has 0 fully saturated rings. The Bertz CT molecular complexity index is 303. The summed E-state index contributed by atoms with van der Waals surface area (Å²) in [5.41, 5.74) is 0. The maximum Gasteiger partial charge on any atom is 0.469 e. The monoisotopic (exact) mass is 286 g/mol. The van der Waals surface area contributed by atoms with Crippen molar-refractivity contribution in [3.63, 3.8) is 0 Å². The number of rotatable bonds is 8. The number of phosphoric acid groups is 1. The predicted octanol–water partition coefficient (Wildman–Crippen LogP) is -1.35. The second-order valence-electron chi connectivity index (χ2n) is 4.23. The van der Waals surface area contributed by atoms with Gasteiger partial charge in [-0.3, -0.25) is 4.52 Å². The fraction of sp³-hybridized carbons (Fsp3) is 0.889. The van der Waals surface area contributed by atoms with Gasteiger partial charge in [-0.2, -0.15) is 0 Å². The largest absolute Gasteiger partial charge is 0.469 e. The second kappa shape index (κ2) is 7.30. The highest BCUT2D eigenvalue weighted by atomic mass is 31.2. The summed E-state index contributed by atoms with van der Waals surface area (Å²) < 4.78 is 14.7. The number of hydrogen-bond acceptors (Lipinski definition) is 6. The van der Waals surface area contributed by atoms with Crippen LogP contribution in [0.3, 0.4) is 0 Å². The standard InChI is InChI=1S/C9H19O8P/c1-5(4-17-18(14,15)16)8(12)9(13)6(2)7(11)3-10/h3,5-9,11-13H,4H2,1-2H3,(H2,14,15,16)/t5-,6+,7+,8+,9-/m0/s1. The van der Waals surface area contributed by atoms with Crippen molar-refractivity contribution in [2.45, 2.75) is 32.2 Å². The molecule has 0 unspecified atom stereocenters. The van der Waals surface area contributed by atoms with Crippen molar-refractivity contribution >= 4 is 14.1 Å². The van der Waals surface area contributed by atoms with Gasteiger partial charge in [-0.05, 0) is 0 Å². The van der Waals surface area contributed by atoms with Gasteiger partial charge in [0.05, 0.1) is 18.8 Å². The van der Waals surface area contributed by atoms with Gasteiger partial charge in [-0.1, -0.05) is 13.8 Å². The Morgan fingerprint density at radius 2 is 1.67 bits per heavy atom. The minimum Gasteiger partial charge on any atom is -0.390 e. The summed E-state index contributed by atoms with van der Waals surface area (Å²) >= 11 is 0. The molecule has 0 radical (unpaired) electrons. The van der Waals surface area contributed by atoms with E-state index in [0.29, 0.717) is 0 Å². The van der Waals surface area contributed by atoms with Crippen LogP contribution in [0, 0.1) is 11.8 Å². The van der Waals surface area contributed by atoms with Crippen molar-refractivity contribution in [3.8, 4) is 0 Å². The molecule has 0 saturated heterocycles. The Labute approximate surface area is 104 Å². The summed E-state index contributed by atoms with van der Waals surface area (Å²) in [6, 6.07) is 0. The van der Waals surface area contributed by atoms with Crippen LogP contribution in [0.15, 0.2) is 0 Å². The van der Waals surface area contributed by atoms with Crippen molar-refractivity contribution < 1.29 is 39.0 Å². The summed E-state index contributed by atoms with van der Waals surface area (Å²) in [6.07, 6.45) is -4.00. The third-order valence-corrected chi connectivity index (χ3v) is 3.14. The number of phosphoric ester groups is 1. The minimum absolute atomic E-state index is 0.234. The first-order valence-electron chi connectivity index (χ1n) is 5.29. The van der Waals surface area contributed by atoms with E-state index in [0.717, 1.165) is 0 Å². The Balaban J connectivity index is 4.40. The normalized spacial score (nSPS) is 20.8. The van der Waals surface area contributed by atoms with E-state index in [9.17, 15) is 24.7 Å². The zero-order valence-corrected chi connectivity index (χ0v) is 11.0. The van der Waals surface area contributed by atoms with E-state index in [1.165, 1.54) is 13.8 Å². The maximum absolute atomic E-state index is 10.5. The molecule has 108 valence electrons. The van der Waals surface area contributed by atoms with E-state index in [-0.39, 0.29) is 6.29 Å². The Hall–Kier alpha value is -0.340. The number of carbonyl (C=O) groups excluding carboxylic acids is 1. The summed E-state index contributed by atoms with van der Waals surface area (Å²) in [7, 11) is -4.64. The van der Waals surface area contributed by atoms with Gasteiger partial charge in [0.2, 0.25) is 0 Å². The molecular weight excluding hydrogens is 267 g/mol. The zero-order valence-electron chi connectivity index (χ0n) is 10.1. The number of aliphatic hydroxyl groups excluding tert-OH is 3. The van der Waals surface area contributed by atoms with Gasteiger partial charge in [0.15, 0.2) is 0 Å². The van der Waals surface area contributed by atoms with Gasteiger partial charge >= 0.3 is 7.82 Å². The summed E-state index contributed by atoms with van der Waals surface area (Å²) in [6.45, 7) is 2.31. The Kier molecular flexibility index (Phi) is 7.16. The van der Waals surface area contributed by atoms with E-state index in [2.05, 4.69) is 4.52 Å². The van der Waals surface area contributed by atoms with Gasteiger partial charge in [0.25, 0.3) is 0 Å². The Morgan fingerprint density at radius 3 is 2.06 bits per heavy atom. The number of aldehydes is 1. The topological polar surface area (TPSA) is 145 Å². The highest BCUT2D eigenvalue weighted by molar-refractivity contribution is 7.46. The van der Waals surface area contributed by atoms with Crippen molar-refractivity contribution in [1.29, 1.82) is 0 Å². The molecule has 8 nitrogen and oxygen atoms in total. The lowest BCUT2D eigenvalue weighted by Crippen LogP contribution is -2.43. The molecule has 0 aromatic rings. The van der Waals surface area contributed by atoms with Crippen LogP contribution in [0.4, 0.5) is 0 Å². The average molecular weight is 286 g/mol. The van der Waals surface area contributed by atoms with Gasteiger partial charge in [0.1, 0.15) is 12.4 Å². The third kappa shape index (κ3) is 6.01. The van der Waals surface area contributed by atoms with Crippen LogP contribution in [0.2, 0.25) is 0 Å². The average Bonchev–Trinajstić information content (AvgIpc) is 2.31. The lowest BCUT2D eigenvalue weighted by atomic mass is 9.89. The van der Waals surface area contributed by atoms with Crippen LogP contribution in [0.25, 0.3) is 0 Å². The van der Waals surface area contributed by atoms with E-state index in [4.69, 9.17) is 9.79 Å². The van der Waals surface area contributed by atoms with Crippen molar-refractivity contribution in [3.05, 3.63) is 0 Å². The highest BCUT2D eigenvalue weighted by Gasteiger charge is 2.32. The molecule has 0 heterocycles. The van der Waals surface area contributed by atoms with Gasteiger partial charge < -0.3 is 29.9 Å². The quantitative estimate of drug-likeness (QED) is 0.272. The number of carbonyl (C=O) groups is 1. The smallest absolute Gasteiger partial charge is 0.390 e. The summed E-state index contributed by atoms with van der Waals surface area (Å²) in [5.74, 6) is -1.69. The van der Waals surface area contributed by atoms with E-state index in [1.807, 2.05) is 0 Å². The summed E-state index contributed by atoms with van der Waals surface area (Å²) in [5, 5.41) is 28.5. The van der Waals surface area contributed by atoms with Gasteiger partial charge in [-0.15, -0.1) is 0 Å². The van der Waals surface area contributed by atoms with Crippen LogP contribution in [0.1, 0.15) is 13.8 Å².